The maximum Gasteiger partial charge on any atom is 0.157 e. The van der Waals surface area contributed by atoms with Gasteiger partial charge in [-0.3, -0.25) is 0 Å². The van der Waals surface area contributed by atoms with Crippen LogP contribution in [-0.4, -0.2) is 25.8 Å². The first kappa shape index (κ1) is 12.7. The molecule has 88 valence electrons. The van der Waals surface area contributed by atoms with E-state index < -0.39 is 0 Å². The summed E-state index contributed by atoms with van der Waals surface area (Å²) < 4.78 is 11.1. The molecule has 1 rings (SSSR count). The van der Waals surface area contributed by atoms with Crippen molar-refractivity contribution in [2.24, 2.45) is 5.92 Å². The van der Waals surface area contributed by atoms with Crippen molar-refractivity contribution in [2.75, 3.05) is 13.2 Å². The summed E-state index contributed by atoms with van der Waals surface area (Å²) in [4.78, 5) is 10.2. The first-order valence-electron chi connectivity index (χ1n) is 5.99. The van der Waals surface area contributed by atoms with E-state index in [2.05, 4.69) is 6.92 Å². The summed E-state index contributed by atoms with van der Waals surface area (Å²) in [5, 5.41) is 0. The Bertz CT molecular complexity index is 164. The summed E-state index contributed by atoms with van der Waals surface area (Å²) in [6.45, 7) is 3.75. The van der Waals surface area contributed by atoms with Crippen LogP contribution in [0.2, 0.25) is 0 Å². The quantitative estimate of drug-likeness (QED) is 0.611. The van der Waals surface area contributed by atoms with Crippen LogP contribution in [0.5, 0.6) is 0 Å². The smallest absolute Gasteiger partial charge is 0.157 e. The van der Waals surface area contributed by atoms with Gasteiger partial charge in [0, 0.05) is 19.6 Å². The van der Waals surface area contributed by atoms with Crippen LogP contribution in [-0.2, 0) is 14.3 Å². The SMILES string of the molecule is C[C@H](CCC=O)CCOC1CCCCO1. The van der Waals surface area contributed by atoms with Crippen molar-refractivity contribution >= 4 is 6.29 Å². The Morgan fingerprint density at radius 2 is 2.33 bits per heavy atom. The van der Waals surface area contributed by atoms with E-state index in [4.69, 9.17) is 9.47 Å². The van der Waals surface area contributed by atoms with Crippen molar-refractivity contribution in [2.45, 2.75) is 51.7 Å². The number of rotatable bonds is 7. The van der Waals surface area contributed by atoms with Gasteiger partial charge >= 0.3 is 0 Å². The van der Waals surface area contributed by atoms with Crippen molar-refractivity contribution in [3.63, 3.8) is 0 Å². The van der Waals surface area contributed by atoms with Crippen LogP contribution in [0.4, 0.5) is 0 Å². The molecule has 1 fully saturated rings. The third kappa shape index (κ3) is 5.90. The van der Waals surface area contributed by atoms with Gasteiger partial charge in [0.2, 0.25) is 0 Å². The summed E-state index contributed by atoms with van der Waals surface area (Å²) in [6.07, 6.45) is 7.08. The predicted molar refractivity (Wildman–Crippen MR) is 58.6 cm³/mol. The highest BCUT2D eigenvalue weighted by atomic mass is 16.7. The van der Waals surface area contributed by atoms with E-state index >= 15 is 0 Å². The lowest BCUT2D eigenvalue weighted by atomic mass is 10.0. The number of carbonyl (C=O) groups is 1. The summed E-state index contributed by atoms with van der Waals surface area (Å²) >= 11 is 0. The fourth-order valence-electron chi connectivity index (χ4n) is 1.74. The van der Waals surface area contributed by atoms with Crippen molar-refractivity contribution in [1.82, 2.24) is 0 Å². The lowest BCUT2D eigenvalue weighted by molar-refractivity contribution is -0.164. The Morgan fingerprint density at radius 3 is 3.00 bits per heavy atom. The van der Waals surface area contributed by atoms with E-state index in [9.17, 15) is 4.79 Å². The minimum Gasteiger partial charge on any atom is -0.353 e. The zero-order chi connectivity index (χ0) is 10.9. The van der Waals surface area contributed by atoms with E-state index in [1.807, 2.05) is 0 Å². The Kier molecular flexibility index (Phi) is 6.60. The maximum atomic E-state index is 10.2. The predicted octanol–water partition coefficient (Wildman–Crippen LogP) is 2.53. The Hall–Kier alpha value is -0.410. The first-order chi connectivity index (χ1) is 7.33. The van der Waals surface area contributed by atoms with Crippen LogP contribution in [0, 0.1) is 5.92 Å². The van der Waals surface area contributed by atoms with Gasteiger partial charge in [0.1, 0.15) is 6.29 Å². The molecule has 1 saturated heterocycles. The fraction of sp³-hybridized carbons (Fsp3) is 0.917. The molecule has 0 amide bonds. The molecule has 1 heterocycles. The third-order valence-corrected chi connectivity index (χ3v) is 2.83. The average molecular weight is 214 g/mol. The summed E-state index contributed by atoms with van der Waals surface area (Å²) in [5.74, 6) is 0.568. The number of hydrogen-bond acceptors (Lipinski definition) is 3. The molecule has 3 heteroatoms. The summed E-state index contributed by atoms with van der Waals surface area (Å²) in [6, 6.07) is 0. The Labute approximate surface area is 92.1 Å². The zero-order valence-electron chi connectivity index (χ0n) is 9.61. The van der Waals surface area contributed by atoms with E-state index in [1.165, 1.54) is 6.42 Å². The molecule has 0 aromatic heterocycles. The second kappa shape index (κ2) is 7.83. The molecule has 3 nitrogen and oxygen atoms in total. The molecule has 0 aromatic rings. The van der Waals surface area contributed by atoms with E-state index in [0.29, 0.717) is 12.3 Å². The molecule has 1 aliphatic rings. The first-order valence-corrected chi connectivity index (χ1v) is 5.99. The number of hydrogen-bond donors (Lipinski definition) is 0. The minimum absolute atomic E-state index is 0.0250. The van der Waals surface area contributed by atoms with E-state index in [1.54, 1.807) is 0 Å². The van der Waals surface area contributed by atoms with Gasteiger partial charge in [0.25, 0.3) is 0 Å². The van der Waals surface area contributed by atoms with Gasteiger partial charge in [-0.1, -0.05) is 6.92 Å². The van der Waals surface area contributed by atoms with Gasteiger partial charge in [0.05, 0.1) is 0 Å². The van der Waals surface area contributed by atoms with Crippen molar-refractivity contribution in [3.8, 4) is 0 Å². The van der Waals surface area contributed by atoms with E-state index in [-0.39, 0.29) is 6.29 Å². The molecular formula is C12H22O3. The molecule has 1 aliphatic heterocycles. The molecule has 0 aromatic carbocycles. The van der Waals surface area contributed by atoms with Gasteiger partial charge in [0.15, 0.2) is 6.29 Å². The van der Waals surface area contributed by atoms with Crippen molar-refractivity contribution in [1.29, 1.82) is 0 Å². The van der Waals surface area contributed by atoms with Crippen molar-refractivity contribution in [3.05, 3.63) is 0 Å². The topological polar surface area (TPSA) is 35.5 Å². The Balaban J connectivity index is 1.96. The monoisotopic (exact) mass is 214 g/mol. The molecule has 1 unspecified atom stereocenters. The van der Waals surface area contributed by atoms with Crippen LogP contribution in [0.15, 0.2) is 0 Å². The van der Waals surface area contributed by atoms with Gasteiger partial charge in [-0.15, -0.1) is 0 Å². The zero-order valence-corrected chi connectivity index (χ0v) is 9.61. The highest BCUT2D eigenvalue weighted by Gasteiger charge is 2.14. The molecule has 0 spiro atoms. The van der Waals surface area contributed by atoms with Crippen LogP contribution in [0.25, 0.3) is 0 Å². The van der Waals surface area contributed by atoms with Crippen LogP contribution < -0.4 is 0 Å². The molecule has 0 N–H and O–H groups in total. The summed E-state index contributed by atoms with van der Waals surface area (Å²) in [7, 11) is 0. The highest BCUT2D eigenvalue weighted by molar-refractivity contribution is 5.49. The molecule has 0 aliphatic carbocycles. The number of ether oxygens (including phenoxy) is 2. The van der Waals surface area contributed by atoms with Crippen LogP contribution in [0.3, 0.4) is 0 Å². The number of carbonyl (C=O) groups excluding carboxylic acids is 1. The molecular weight excluding hydrogens is 192 g/mol. The van der Waals surface area contributed by atoms with Crippen molar-refractivity contribution < 1.29 is 14.3 Å². The minimum atomic E-state index is 0.0250. The second-order valence-electron chi connectivity index (χ2n) is 4.30. The van der Waals surface area contributed by atoms with Gasteiger partial charge in [-0.2, -0.15) is 0 Å². The lowest BCUT2D eigenvalue weighted by Gasteiger charge is -2.23. The molecule has 15 heavy (non-hydrogen) atoms. The van der Waals surface area contributed by atoms with Crippen LogP contribution >= 0.6 is 0 Å². The van der Waals surface area contributed by atoms with Gasteiger partial charge in [-0.05, 0) is 38.0 Å². The molecule has 0 saturated carbocycles. The highest BCUT2D eigenvalue weighted by Crippen LogP contribution is 2.15. The normalized spacial score (nSPS) is 23.7. The van der Waals surface area contributed by atoms with E-state index in [0.717, 1.165) is 45.2 Å². The lowest BCUT2D eigenvalue weighted by Crippen LogP contribution is -2.23. The standard InChI is InChI=1S/C12H22O3/c1-11(5-4-8-13)7-10-15-12-6-2-3-9-14-12/h8,11-12H,2-7,9-10H2,1H3/t11-,12?/m1/s1. The third-order valence-electron chi connectivity index (χ3n) is 2.83. The molecule has 0 radical (unpaired) electrons. The van der Waals surface area contributed by atoms with Gasteiger partial charge in [-0.25, -0.2) is 0 Å². The Morgan fingerprint density at radius 1 is 1.47 bits per heavy atom. The van der Waals surface area contributed by atoms with Gasteiger partial charge < -0.3 is 14.3 Å². The molecule has 2 atom stereocenters. The second-order valence-corrected chi connectivity index (χ2v) is 4.30. The summed E-state index contributed by atoms with van der Waals surface area (Å²) in [5.41, 5.74) is 0. The fourth-order valence-corrected chi connectivity index (χ4v) is 1.74. The largest absolute Gasteiger partial charge is 0.353 e. The molecule has 0 bridgehead atoms. The van der Waals surface area contributed by atoms with Crippen LogP contribution in [0.1, 0.15) is 45.4 Å². The number of aldehydes is 1. The average Bonchev–Trinajstić information content (AvgIpc) is 2.28. The maximum absolute atomic E-state index is 10.2.